The maximum Gasteiger partial charge on any atom is 0.206 e. The van der Waals surface area contributed by atoms with E-state index in [0.29, 0.717) is 12.3 Å². The Labute approximate surface area is 122 Å². The van der Waals surface area contributed by atoms with Crippen molar-refractivity contribution in [1.29, 1.82) is 0 Å². The van der Waals surface area contributed by atoms with E-state index in [0.717, 1.165) is 23.1 Å². The summed E-state index contributed by atoms with van der Waals surface area (Å²) in [6.45, 7) is 1.48. The smallest absolute Gasteiger partial charge is 0.206 e. The van der Waals surface area contributed by atoms with Gasteiger partial charge in [-0.2, -0.15) is 0 Å². The summed E-state index contributed by atoms with van der Waals surface area (Å²) in [5.74, 6) is 0.320. The number of carbonyl (C=O) groups excluding carboxylic acids is 1. The molecule has 0 saturated heterocycles. The SMILES string of the molecule is O=C(c1cc2ccccc2o1)C1CNCc2ccccc21. The van der Waals surface area contributed by atoms with Crippen LogP contribution in [0.3, 0.4) is 0 Å². The van der Waals surface area contributed by atoms with Crippen LogP contribution in [0.25, 0.3) is 11.0 Å². The first kappa shape index (κ1) is 12.4. The van der Waals surface area contributed by atoms with Crippen molar-refractivity contribution in [2.75, 3.05) is 6.54 Å². The molecule has 2 heterocycles. The molecule has 1 aliphatic heterocycles. The van der Waals surface area contributed by atoms with Crippen molar-refractivity contribution >= 4 is 16.8 Å². The van der Waals surface area contributed by atoms with Crippen LogP contribution in [0.15, 0.2) is 59.0 Å². The minimum absolute atomic E-state index is 0.0471. The van der Waals surface area contributed by atoms with Crippen LogP contribution in [0.2, 0.25) is 0 Å². The third-order valence-corrected chi connectivity index (χ3v) is 4.08. The van der Waals surface area contributed by atoms with Crippen molar-refractivity contribution in [3.05, 3.63) is 71.5 Å². The Bertz CT molecular complexity index is 786. The van der Waals surface area contributed by atoms with E-state index in [1.165, 1.54) is 5.56 Å². The molecule has 1 unspecified atom stereocenters. The molecular formula is C18H15NO2. The molecule has 21 heavy (non-hydrogen) atoms. The first-order chi connectivity index (χ1) is 10.3. The van der Waals surface area contributed by atoms with E-state index < -0.39 is 0 Å². The van der Waals surface area contributed by atoms with E-state index in [4.69, 9.17) is 4.42 Å². The second-order valence-corrected chi connectivity index (χ2v) is 5.40. The Hall–Kier alpha value is -2.39. The molecular weight excluding hydrogens is 262 g/mol. The number of nitrogens with one attached hydrogen (secondary N) is 1. The lowest BCUT2D eigenvalue weighted by atomic mass is 9.87. The average molecular weight is 277 g/mol. The van der Waals surface area contributed by atoms with Gasteiger partial charge in [-0.15, -0.1) is 0 Å². The molecule has 104 valence electrons. The Balaban J connectivity index is 1.75. The van der Waals surface area contributed by atoms with Crippen LogP contribution in [0, 0.1) is 0 Å². The van der Waals surface area contributed by atoms with Crippen LogP contribution in [0.1, 0.15) is 27.6 Å². The molecule has 1 atom stereocenters. The fraction of sp³-hybridized carbons (Fsp3) is 0.167. The molecule has 0 fully saturated rings. The van der Waals surface area contributed by atoms with Gasteiger partial charge >= 0.3 is 0 Å². The van der Waals surface area contributed by atoms with Crippen LogP contribution in [-0.2, 0) is 6.54 Å². The molecule has 3 aromatic rings. The predicted octanol–water partition coefficient (Wildman–Crippen LogP) is 3.50. The Morgan fingerprint density at radius 1 is 1.10 bits per heavy atom. The molecule has 0 amide bonds. The van der Waals surface area contributed by atoms with Gasteiger partial charge < -0.3 is 9.73 Å². The first-order valence-corrected chi connectivity index (χ1v) is 7.14. The maximum absolute atomic E-state index is 12.8. The van der Waals surface area contributed by atoms with E-state index in [1.54, 1.807) is 0 Å². The summed E-state index contributed by atoms with van der Waals surface area (Å²) in [6, 6.07) is 17.7. The minimum Gasteiger partial charge on any atom is -0.453 e. The summed E-state index contributed by atoms with van der Waals surface area (Å²) in [5.41, 5.74) is 3.07. The molecule has 1 N–H and O–H groups in total. The first-order valence-electron chi connectivity index (χ1n) is 7.14. The van der Waals surface area contributed by atoms with Crippen LogP contribution in [0.5, 0.6) is 0 Å². The molecule has 0 radical (unpaired) electrons. The second-order valence-electron chi connectivity index (χ2n) is 5.40. The van der Waals surface area contributed by atoms with Gasteiger partial charge in [0, 0.05) is 18.5 Å². The summed E-state index contributed by atoms with van der Waals surface area (Å²) >= 11 is 0. The molecule has 0 saturated carbocycles. The number of hydrogen-bond donors (Lipinski definition) is 1. The number of para-hydroxylation sites is 1. The molecule has 2 aromatic carbocycles. The van der Waals surface area contributed by atoms with Crippen LogP contribution < -0.4 is 5.32 Å². The highest BCUT2D eigenvalue weighted by atomic mass is 16.3. The number of Topliss-reactive ketones (excluding diaryl/α,β-unsaturated/α-hetero) is 1. The van der Waals surface area contributed by atoms with Crippen LogP contribution >= 0.6 is 0 Å². The number of carbonyl (C=O) groups is 1. The van der Waals surface area contributed by atoms with Gasteiger partial charge in [-0.1, -0.05) is 42.5 Å². The predicted molar refractivity (Wildman–Crippen MR) is 81.4 cm³/mol. The van der Waals surface area contributed by atoms with Gasteiger partial charge in [0.1, 0.15) is 5.58 Å². The van der Waals surface area contributed by atoms with Gasteiger partial charge in [-0.3, -0.25) is 4.79 Å². The number of rotatable bonds is 2. The summed E-state index contributed by atoms with van der Waals surface area (Å²) in [4.78, 5) is 12.8. The number of benzene rings is 2. The second kappa shape index (κ2) is 4.86. The minimum atomic E-state index is -0.171. The largest absolute Gasteiger partial charge is 0.453 e. The molecule has 1 aromatic heterocycles. The summed E-state index contributed by atoms with van der Waals surface area (Å²) in [6.07, 6.45) is 0. The van der Waals surface area contributed by atoms with E-state index >= 15 is 0 Å². The average Bonchev–Trinajstić information content (AvgIpc) is 2.97. The zero-order valence-electron chi connectivity index (χ0n) is 11.5. The fourth-order valence-corrected chi connectivity index (χ4v) is 3.01. The zero-order valence-corrected chi connectivity index (χ0v) is 11.5. The standard InChI is InChI=1S/C18H15NO2/c20-18(17-9-12-5-2-4-8-16(12)21-17)15-11-19-10-13-6-1-3-7-14(13)15/h1-9,15,19H,10-11H2. The lowest BCUT2D eigenvalue weighted by molar-refractivity contribution is 0.0929. The summed E-state index contributed by atoms with van der Waals surface area (Å²) in [7, 11) is 0. The van der Waals surface area contributed by atoms with Crippen LogP contribution in [-0.4, -0.2) is 12.3 Å². The van der Waals surface area contributed by atoms with Gasteiger partial charge in [0.2, 0.25) is 5.78 Å². The van der Waals surface area contributed by atoms with E-state index in [2.05, 4.69) is 11.4 Å². The normalized spacial score (nSPS) is 17.6. The third-order valence-electron chi connectivity index (χ3n) is 4.08. The zero-order chi connectivity index (χ0) is 14.2. The van der Waals surface area contributed by atoms with Crippen molar-refractivity contribution in [3.63, 3.8) is 0 Å². The molecule has 3 heteroatoms. The van der Waals surface area contributed by atoms with Gasteiger partial charge in [0.15, 0.2) is 5.76 Å². The molecule has 3 nitrogen and oxygen atoms in total. The monoisotopic (exact) mass is 277 g/mol. The lowest BCUT2D eigenvalue weighted by Gasteiger charge is -2.24. The van der Waals surface area contributed by atoms with E-state index in [1.807, 2.05) is 48.5 Å². The summed E-state index contributed by atoms with van der Waals surface area (Å²) < 4.78 is 5.72. The van der Waals surface area contributed by atoms with Crippen molar-refractivity contribution in [1.82, 2.24) is 5.32 Å². The van der Waals surface area contributed by atoms with Crippen molar-refractivity contribution in [3.8, 4) is 0 Å². The van der Waals surface area contributed by atoms with Crippen LogP contribution in [0.4, 0.5) is 0 Å². The summed E-state index contributed by atoms with van der Waals surface area (Å²) in [5, 5.41) is 4.28. The van der Waals surface area contributed by atoms with Crippen molar-refractivity contribution < 1.29 is 9.21 Å². The van der Waals surface area contributed by atoms with Gasteiger partial charge in [0.25, 0.3) is 0 Å². The van der Waals surface area contributed by atoms with Crippen molar-refractivity contribution in [2.45, 2.75) is 12.5 Å². The molecule has 0 aliphatic carbocycles. The van der Waals surface area contributed by atoms with Crippen molar-refractivity contribution in [2.24, 2.45) is 0 Å². The molecule has 0 spiro atoms. The highest BCUT2D eigenvalue weighted by Gasteiger charge is 2.28. The van der Waals surface area contributed by atoms with E-state index in [9.17, 15) is 4.79 Å². The van der Waals surface area contributed by atoms with Gasteiger partial charge in [-0.25, -0.2) is 0 Å². The maximum atomic E-state index is 12.8. The topological polar surface area (TPSA) is 42.2 Å². The Morgan fingerprint density at radius 3 is 2.81 bits per heavy atom. The quantitative estimate of drug-likeness (QED) is 0.729. The third kappa shape index (κ3) is 2.06. The molecule has 4 rings (SSSR count). The fourth-order valence-electron chi connectivity index (χ4n) is 3.01. The number of fused-ring (bicyclic) bond motifs is 2. The van der Waals surface area contributed by atoms with E-state index in [-0.39, 0.29) is 11.7 Å². The highest BCUT2D eigenvalue weighted by Crippen LogP contribution is 2.29. The number of furan rings is 1. The lowest BCUT2D eigenvalue weighted by Crippen LogP contribution is -2.32. The van der Waals surface area contributed by atoms with Gasteiger partial charge in [0.05, 0.1) is 5.92 Å². The Morgan fingerprint density at radius 2 is 1.90 bits per heavy atom. The number of ketones is 1. The Kier molecular flexibility index (Phi) is 2.86. The highest BCUT2D eigenvalue weighted by molar-refractivity contribution is 6.02. The number of hydrogen-bond acceptors (Lipinski definition) is 3. The molecule has 0 bridgehead atoms. The van der Waals surface area contributed by atoms with Gasteiger partial charge in [-0.05, 0) is 23.3 Å². The molecule has 1 aliphatic rings.